The van der Waals surface area contributed by atoms with E-state index in [4.69, 9.17) is 18.9 Å². The second kappa shape index (κ2) is 15.0. The number of rotatable bonds is 14. The Morgan fingerprint density at radius 2 is 1.81 bits per heavy atom. The van der Waals surface area contributed by atoms with E-state index in [2.05, 4.69) is 20.1 Å². The lowest BCUT2D eigenvalue weighted by Crippen LogP contribution is -2.67. The van der Waals surface area contributed by atoms with Gasteiger partial charge in [0.15, 0.2) is 24.6 Å². The zero-order chi connectivity index (χ0) is 34.5. The maximum atomic E-state index is 13.4. The van der Waals surface area contributed by atoms with Crippen molar-refractivity contribution in [3.05, 3.63) is 47.7 Å². The molecule has 258 valence electrons. The van der Waals surface area contributed by atoms with E-state index in [0.29, 0.717) is 11.1 Å². The molecule has 4 rings (SSSR count). The number of hydrogen-bond donors (Lipinski definition) is 3. The molecule has 0 bridgehead atoms. The molecule has 15 nitrogen and oxygen atoms in total. The first-order chi connectivity index (χ1) is 22.1. The van der Waals surface area contributed by atoms with E-state index in [1.807, 2.05) is 0 Å². The number of β-lactam (4-membered cyclic amide) rings is 1. The normalized spacial score (nSPS) is 22.3. The van der Waals surface area contributed by atoms with Crippen molar-refractivity contribution in [3.8, 4) is 11.5 Å². The summed E-state index contributed by atoms with van der Waals surface area (Å²) in [7, 11) is 1.71. The SMILES string of the molecule is CC(=O)OCOC(O)C1[C@@H](CC2=CC(NC(=O)OCOC(=O)C(C)C)N(C)C=C2)C(=O)N1CN[C@H](C)c1ccc2c(c1)OC(F)(F)O2. The molecule has 0 saturated carbocycles. The first kappa shape index (κ1) is 35.4. The standard InChI is InChI=1S/C30H38F2N4O11/c1-16(2)27(39)43-15-45-29(41)34-24-11-19(8-9-35(24)5)10-21-25(28(40)44-14-42-18(4)37)36(26(21)38)13-33-17(3)20-6-7-22-23(12-20)47-30(31,32)46-22/h6-9,11-12,16-17,21,24-25,28,33,40H,10,13-15H2,1-5H3,(H,34,41)/t17-,21-,24?,25?,28?/m1/s1. The maximum Gasteiger partial charge on any atom is 0.586 e. The van der Waals surface area contributed by atoms with E-state index >= 15 is 0 Å². The number of benzene rings is 1. The molecule has 3 unspecified atom stereocenters. The lowest BCUT2D eigenvalue weighted by atomic mass is 9.81. The molecule has 1 fully saturated rings. The van der Waals surface area contributed by atoms with Crippen molar-refractivity contribution < 1.29 is 61.5 Å². The van der Waals surface area contributed by atoms with Gasteiger partial charge in [0.1, 0.15) is 6.17 Å². The molecule has 47 heavy (non-hydrogen) atoms. The van der Waals surface area contributed by atoms with E-state index in [-0.39, 0.29) is 36.4 Å². The summed E-state index contributed by atoms with van der Waals surface area (Å²) in [5.41, 5.74) is 1.24. The van der Waals surface area contributed by atoms with E-state index in [0.717, 1.165) is 0 Å². The summed E-state index contributed by atoms with van der Waals surface area (Å²) in [5, 5.41) is 16.6. The zero-order valence-electron chi connectivity index (χ0n) is 26.4. The molecule has 1 aromatic carbocycles. The van der Waals surface area contributed by atoms with Gasteiger partial charge in [-0.1, -0.05) is 19.9 Å². The maximum absolute atomic E-state index is 13.4. The second-order valence-corrected chi connectivity index (χ2v) is 11.4. The van der Waals surface area contributed by atoms with Crippen LogP contribution in [0.5, 0.6) is 11.5 Å². The minimum atomic E-state index is -3.76. The second-order valence-electron chi connectivity index (χ2n) is 11.4. The Kier molecular flexibility index (Phi) is 11.3. The molecule has 3 aliphatic rings. The minimum Gasteiger partial charge on any atom is -0.439 e. The van der Waals surface area contributed by atoms with Gasteiger partial charge in [-0.25, -0.2) is 4.79 Å². The number of halogens is 2. The van der Waals surface area contributed by atoms with Crippen molar-refractivity contribution in [3.63, 3.8) is 0 Å². The van der Waals surface area contributed by atoms with Gasteiger partial charge in [0, 0.05) is 26.2 Å². The van der Waals surface area contributed by atoms with Crippen LogP contribution in [0.2, 0.25) is 0 Å². The van der Waals surface area contributed by atoms with Crippen LogP contribution < -0.4 is 20.1 Å². The number of nitrogens with zero attached hydrogens (tertiary/aromatic N) is 2. The highest BCUT2D eigenvalue weighted by Crippen LogP contribution is 2.42. The van der Waals surface area contributed by atoms with Crippen molar-refractivity contribution in [2.45, 2.75) is 64.9 Å². The number of likely N-dealkylation sites (N-methyl/N-ethyl adjacent to an activating group) is 1. The Morgan fingerprint density at radius 1 is 1.09 bits per heavy atom. The zero-order valence-corrected chi connectivity index (χ0v) is 26.4. The summed E-state index contributed by atoms with van der Waals surface area (Å²) in [4.78, 5) is 51.5. The number of ether oxygens (including phenoxy) is 6. The number of hydrogen-bond acceptors (Lipinski definition) is 13. The van der Waals surface area contributed by atoms with Crippen LogP contribution in [-0.4, -0.2) is 90.9 Å². The van der Waals surface area contributed by atoms with Crippen molar-refractivity contribution in [2.24, 2.45) is 11.8 Å². The topological polar surface area (TPSA) is 174 Å². The van der Waals surface area contributed by atoms with Gasteiger partial charge in [0.25, 0.3) is 0 Å². The van der Waals surface area contributed by atoms with Crippen LogP contribution in [0.3, 0.4) is 0 Å². The van der Waals surface area contributed by atoms with E-state index in [9.17, 15) is 33.1 Å². The Bertz CT molecular complexity index is 1410. The third-order valence-electron chi connectivity index (χ3n) is 7.58. The number of amides is 2. The van der Waals surface area contributed by atoms with Crippen molar-refractivity contribution in [2.75, 3.05) is 27.3 Å². The van der Waals surface area contributed by atoms with E-state index in [1.54, 1.807) is 57.1 Å². The van der Waals surface area contributed by atoms with Gasteiger partial charge in [-0.15, -0.1) is 8.78 Å². The molecule has 0 radical (unpaired) electrons. The van der Waals surface area contributed by atoms with E-state index < -0.39 is 68.4 Å². The molecule has 5 atom stereocenters. The average Bonchev–Trinajstić information content (AvgIpc) is 3.31. The first-order valence-corrected chi connectivity index (χ1v) is 14.7. The lowest BCUT2D eigenvalue weighted by molar-refractivity contribution is -0.286. The van der Waals surface area contributed by atoms with Gasteiger partial charge in [0.2, 0.25) is 12.7 Å². The van der Waals surface area contributed by atoms with Crippen molar-refractivity contribution >= 4 is 23.9 Å². The number of nitrogens with one attached hydrogen (secondary N) is 2. The third-order valence-corrected chi connectivity index (χ3v) is 7.58. The summed E-state index contributed by atoms with van der Waals surface area (Å²) >= 11 is 0. The van der Waals surface area contributed by atoms with Crippen LogP contribution in [0.25, 0.3) is 0 Å². The number of alkyl carbamates (subject to hydrolysis) is 1. The molecule has 3 N–H and O–H groups in total. The number of aliphatic hydroxyl groups is 1. The predicted molar refractivity (Wildman–Crippen MR) is 156 cm³/mol. The number of fused-ring (bicyclic) bond motifs is 1. The molecule has 2 amide bonds. The molecule has 0 aromatic heterocycles. The van der Waals surface area contributed by atoms with Crippen molar-refractivity contribution in [1.29, 1.82) is 0 Å². The molecular weight excluding hydrogens is 630 g/mol. The summed E-state index contributed by atoms with van der Waals surface area (Å²) in [6.45, 7) is 5.08. The number of carbonyl (C=O) groups is 4. The Balaban J connectivity index is 1.39. The van der Waals surface area contributed by atoms with Crippen LogP contribution in [0, 0.1) is 11.8 Å². The van der Waals surface area contributed by atoms with Crippen LogP contribution in [-0.2, 0) is 33.3 Å². The Morgan fingerprint density at radius 3 is 2.51 bits per heavy atom. The number of likely N-dealkylation sites (tertiary alicyclic amines) is 1. The smallest absolute Gasteiger partial charge is 0.439 e. The van der Waals surface area contributed by atoms with Gasteiger partial charge >= 0.3 is 24.3 Å². The fourth-order valence-corrected chi connectivity index (χ4v) is 4.94. The first-order valence-electron chi connectivity index (χ1n) is 14.7. The van der Waals surface area contributed by atoms with Crippen LogP contribution >= 0.6 is 0 Å². The lowest BCUT2D eigenvalue weighted by Gasteiger charge is -2.49. The summed E-state index contributed by atoms with van der Waals surface area (Å²) in [5.74, 6) is -2.82. The number of aliphatic hydroxyl groups excluding tert-OH is 1. The summed E-state index contributed by atoms with van der Waals surface area (Å²) in [6, 6.07) is 3.03. The molecule has 1 aromatic rings. The quantitative estimate of drug-likeness (QED) is 0.150. The number of esters is 2. The number of alkyl halides is 2. The highest BCUT2D eigenvalue weighted by atomic mass is 19.3. The summed E-state index contributed by atoms with van der Waals surface area (Å²) < 4.78 is 55.7. The van der Waals surface area contributed by atoms with Gasteiger partial charge < -0.3 is 43.3 Å². The van der Waals surface area contributed by atoms with Crippen molar-refractivity contribution in [1.82, 2.24) is 20.4 Å². The number of carbonyl (C=O) groups excluding carboxylic acids is 4. The summed E-state index contributed by atoms with van der Waals surface area (Å²) in [6.07, 6.45) is -1.50. The van der Waals surface area contributed by atoms with E-state index in [1.165, 1.54) is 24.0 Å². The number of allylic oxidation sites excluding steroid dienone is 2. The monoisotopic (exact) mass is 668 g/mol. The third kappa shape index (κ3) is 9.08. The van der Waals surface area contributed by atoms with Gasteiger partial charge in [-0.3, -0.25) is 25.0 Å². The fourth-order valence-electron chi connectivity index (χ4n) is 4.94. The minimum absolute atomic E-state index is 0.0468. The van der Waals surface area contributed by atoms with Crippen LogP contribution in [0.4, 0.5) is 13.6 Å². The molecule has 0 aliphatic carbocycles. The molecule has 17 heteroatoms. The molecule has 3 aliphatic heterocycles. The largest absolute Gasteiger partial charge is 0.586 e. The predicted octanol–water partition coefficient (Wildman–Crippen LogP) is 2.28. The average molecular weight is 669 g/mol. The Labute approximate surface area is 269 Å². The Hall–Kier alpha value is -4.48. The van der Waals surface area contributed by atoms with Gasteiger partial charge in [-0.05, 0) is 48.8 Å². The van der Waals surface area contributed by atoms with Gasteiger partial charge in [-0.2, -0.15) is 0 Å². The van der Waals surface area contributed by atoms with Gasteiger partial charge in [0.05, 0.1) is 24.5 Å². The molecule has 0 spiro atoms. The highest BCUT2D eigenvalue weighted by Gasteiger charge is 2.51. The molecule has 1 saturated heterocycles. The molecular formula is C30H38F2N4O11. The van der Waals surface area contributed by atoms with Crippen LogP contribution in [0.15, 0.2) is 42.1 Å². The molecule has 3 heterocycles. The fraction of sp³-hybridized carbons (Fsp3) is 0.533. The highest BCUT2D eigenvalue weighted by molar-refractivity contribution is 5.86. The van der Waals surface area contributed by atoms with Crippen LogP contribution in [0.1, 0.15) is 45.7 Å².